The lowest BCUT2D eigenvalue weighted by molar-refractivity contribution is 0.0869. The molecule has 1 aromatic rings. The summed E-state index contributed by atoms with van der Waals surface area (Å²) in [5.41, 5.74) is 0.561. The van der Waals surface area contributed by atoms with Crippen molar-refractivity contribution in [3.8, 4) is 0 Å². The van der Waals surface area contributed by atoms with E-state index in [0.717, 1.165) is 12.8 Å². The van der Waals surface area contributed by atoms with Crippen molar-refractivity contribution in [1.82, 2.24) is 10.2 Å². The molecule has 0 aliphatic heterocycles. The van der Waals surface area contributed by atoms with Crippen LogP contribution in [-0.2, 0) is 0 Å². The molecule has 21 heavy (non-hydrogen) atoms. The second-order valence-electron chi connectivity index (χ2n) is 6.22. The summed E-state index contributed by atoms with van der Waals surface area (Å²) >= 11 is 0. The van der Waals surface area contributed by atoms with Gasteiger partial charge in [-0.3, -0.25) is 4.79 Å². The topological polar surface area (TPSA) is 32.3 Å². The quantitative estimate of drug-likeness (QED) is 0.864. The smallest absolute Gasteiger partial charge is 0.251 e. The van der Waals surface area contributed by atoms with E-state index in [-0.39, 0.29) is 17.3 Å². The summed E-state index contributed by atoms with van der Waals surface area (Å²) in [4.78, 5) is 14.5. The molecule has 0 aromatic heterocycles. The summed E-state index contributed by atoms with van der Waals surface area (Å²) in [6.07, 6.45) is 7.21. The Morgan fingerprint density at radius 1 is 1.14 bits per heavy atom. The Kier molecular flexibility index (Phi) is 5.34. The molecule has 0 bridgehead atoms. The SMILES string of the molecule is CN(C)C1(CNC(=O)c2ccc(F)cc2)CCCCCC1. The maximum absolute atomic E-state index is 12.9. The predicted molar refractivity (Wildman–Crippen MR) is 82.9 cm³/mol. The molecule has 2 rings (SSSR count). The maximum Gasteiger partial charge on any atom is 0.251 e. The van der Waals surface area contributed by atoms with Crippen LogP contribution in [-0.4, -0.2) is 37.0 Å². The predicted octanol–water partition coefficient (Wildman–Crippen LogP) is 3.21. The minimum atomic E-state index is -0.319. The van der Waals surface area contributed by atoms with Gasteiger partial charge in [0.2, 0.25) is 0 Å². The van der Waals surface area contributed by atoms with Crippen LogP contribution in [0.5, 0.6) is 0 Å². The van der Waals surface area contributed by atoms with Crippen molar-refractivity contribution in [2.75, 3.05) is 20.6 Å². The third-order valence-corrected chi connectivity index (χ3v) is 4.67. The van der Waals surface area contributed by atoms with E-state index in [1.165, 1.54) is 49.9 Å². The van der Waals surface area contributed by atoms with Crippen molar-refractivity contribution in [2.45, 2.75) is 44.1 Å². The van der Waals surface area contributed by atoms with Crippen LogP contribution >= 0.6 is 0 Å². The molecule has 1 amide bonds. The summed E-state index contributed by atoms with van der Waals surface area (Å²) in [5.74, 6) is -0.444. The first-order valence-corrected chi connectivity index (χ1v) is 7.75. The maximum atomic E-state index is 12.9. The molecule has 3 nitrogen and oxygen atoms in total. The van der Waals surface area contributed by atoms with Gasteiger partial charge in [0.25, 0.3) is 5.91 Å². The number of nitrogens with one attached hydrogen (secondary N) is 1. The van der Waals surface area contributed by atoms with E-state index in [4.69, 9.17) is 0 Å². The van der Waals surface area contributed by atoms with E-state index in [0.29, 0.717) is 12.1 Å². The average molecular weight is 292 g/mol. The highest BCUT2D eigenvalue weighted by Gasteiger charge is 2.33. The number of benzene rings is 1. The van der Waals surface area contributed by atoms with E-state index in [1.54, 1.807) is 0 Å². The molecular formula is C17H25FN2O. The van der Waals surface area contributed by atoms with E-state index < -0.39 is 0 Å². The number of halogens is 1. The Morgan fingerprint density at radius 2 is 1.71 bits per heavy atom. The third-order valence-electron chi connectivity index (χ3n) is 4.67. The van der Waals surface area contributed by atoms with E-state index in [2.05, 4.69) is 24.3 Å². The van der Waals surface area contributed by atoms with Gasteiger partial charge >= 0.3 is 0 Å². The van der Waals surface area contributed by atoms with Crippen LogP contribution < -0.4 is 5.32 Å². The second kappa shape index (κ2) is 7.03. The summed E-state index contributed by atoms with van der Waals surface area (Å²) in [6, 6.07) is 5.70. The fraction of sp³-hybridized carbons (Fsp3) is 0.588. The molecule has 116 valence electrons. The lowest BCUT2D eigenvalue weighted by Gasteiger charge is -2.39. The van der Waals surface area contributed by atoms with Gasteiger partial charge in [0.05, 0.1) is 0 Å². The monoisotopic (exact) mass is 292 g/mol. The van der Waals surface area contributed by atoms with Gasteiger partial charge in [-0.2, -0.15) is 0 Å². The zero-order valence-electron chi connectivity index (χ0n) is 13.0. The normalized spacial score (nSPS) is 18.3. The van der Waals surface area contributed by atoms with Crippen molar-refractivity contribution >= 4 is 5.91 Å². The minimum absolute atomic E-state index is 0.0478. The number of amides is 1. The van der Waals surface area contributed by atoms with Gasteiger partial charge in [0.1, 0.15) is 5.82 Å². The van der Waals surface area contributed by atoms with E-state index in [1.807, 2.05) is 0 Å². The molecule has 0 radical (unpaired) electrons. The number of hydrogen-bond donors (Lipinski definition) is 1. The number of hydrogen-bond acceptors (Lipinski definition) is 2. The number of nitrogens with zero attached hydrogens (tertiary/aromatic N) is 1. The summed E-state index contributed by atoms with van der Waals surface area (Å²) in [7, 11) is 4.19. The van der Waals surface area contributed by atoms with Gasteiger partial charge in [-0.05, 0) is 51.2 Å². The average Bonchev–Trinajstić information content (AvgIpc) is 2.72. The molecule has 1 aromatic carbocycles. The first-order valence-electron chi connectivity index (χ1n) is 7.75. The molecule has 0 spiro atoms. The Hall–Kier alpha value is -1.42. The largest absolute Gasteiger partial charge is 0.350 e. The van der Waals surface area contributed by atoms with Crippen LogP contribution in [0, 0.1) is 5.82 Å². The summed E-state index contributed by atoms with van der Waals surface area (Å²) in [6.45, 7) is 0.649. The van der Waals surface area contributed by atoms with Crippen molar-refractivity contribution in [3.05, 3.63) is 35.6 Å². The Bertz CT molecular complexity index is 462. The fourth-order valence-electron chi connectivity index (χ4n) is 3.12. The van der Waals surface area contributed by atoms with Crippen LogP contribution in [0.15, 0.2) is 24.3 Å². The van der Waals surface area contributed by atoms with Crippen molar-refractivity contribution < 1.29 is 9.18 Å². The highest BCUT2D eigenvalue weighted by Crippen LogP contribution is 2.30. The molecule has 1 N–H and O–H groups in total. The molecule has 0 saturated heterocycles. The fourth-order valence-corrected chi connectivity index (χ4v) is 3.12. The van der Waals surface area contributed by atoms with Gasteiger partial charge in [0.15, 0.2) is 0 Å². The van der Waals surface area contributed by atoms with Crippen LogP contribution in [0.25, 0.3) is 0 Å². The zero-order valence-corrected chi connectivity index (χ0v) is 13.0. The lowest BCUT2D eigenvalue weighted by atomic mass is 9.88. The highest BCUT2D eigenvalue weighted by atomic mass is 19.1. The molecule has 0 atom stereocenters. The Balaban J connectivity index is 2.01. The van der Waals surface area contributed by atoms with Gasteiger partial charge in [-0.1, -0.05) is 25.7 Å². The van der Waals surface area contributed by atoms with Gasteiger partial charge in [0, 0.05) is 17.6 Å². The molecule has 4 heteroatoms. The number of carbonyl (C=O) groups is 1. The van der Waals surface area contributed by atoms with Gasteiger partial charge in [-0.15, -0.1) is 0 Å². The van der Waals surface area contributed by atoms with Crippen LogP contribution in [0.1, 0.15) is 48.9 Å². The summed E-state index contributed by atoms with van der Waals surface area (Å²) < 4.78 is 12.9. The molecular weight excluding hydrogens is 267 g/mol. The molecule has 1 saturated carbocycles. The molecule has 0 heterocycles. The van der Waals surface area contributed by atoms with Crippen molar-refractivity contribution in [1.29, 1.82) is 0 Å². The molecule has 1 fully saturated rings. The van der Waals surface area contributed by atoms with Crippen molar-refractivity contribution in [2.24, 2.45) is 0 Å². The number of carbonyl (C=O) groups excluding carboxylic acids is 1. The standard InChI is InChI=1S/C17H25FN2O/c1-20(2)17(11-5-3-4-6-12-17)13-19-16(21)14-7-9-15(18)10-8-14/h7-10H,3-6,11-13H2,1-2H3,(H,19,21). The van der Waals surface area contributed by atoms with Gasteiger partial charge in [-0.25, -0.2) is 4.39 Å². The number of rotatable bonds is 4. The zero-order chi connectivity index (χ0) is 15.3. The minimum Gasteiger partial charge on any atom is -0.350 e. The van der Waals surface area contributed by atoms with Crippen LogP contribution in [0.2, 0.25) is 0 Å². The first kappa shape index (κ1) is 16.0. The van der Waals surface area contributed by atoms with Gasteiger partial charge < -0.3 is 10.2 Å². The Labute approximate surface area is 126 Å². The van der Waals surface area contributed by atoms with Crippen LogP contribution in [0.4, 0.5) is 4.39 Å². The Morgan fingerprint density at radius 3 is 2.24 bits per heavy atom. The molecule has 1 aliphatic carbocycles. The first-order chi connectivity index (χ1) is 10.0. The third kappa shape index (κ3) is 4.03. The summed E-state index contributed by atoms with van der Waals surface area (Å²) in [5, 5.41) is 3.04. The molecule has 0 unspecified atom stereocenters. The van der Waals surface area contributed by atoms with E-state index >= 15 is 0 Å². The van der Waals surface area contributed by atoms with Crippen LogP contribution in [0.3, 0.4) is 0 Å². The van der Waals surface area contributed by atoms with Crippen molar-refractivity contribution in [3.63, 3.8) is 0 Å². The van der Waals surface area contributed by atoms with E-state index in [9.17, 15) is 9.18 Å². The highest BCUT2D eigenvalue weighted by molar-refractivity contribution is 5.94. The lowest BCUT2D eigenvalue weighted by Crippen LogP contribution is -2.52. The molecule has 1 aliphatic rings. The number of likely N-dealkylation sites (N-methyl/N-ethyl adjacent to an activating group) is 1. The second-order valence-corrected chi connectivity index (χ2v) is 6.22.